The van der Waals surface area contributed by atoms with Crippen LogP contribution in [-0.4, -0.2) is 25.4 Å². The van der Waals surface area contributed by atoms with Crippen LogP contribution in [0.3, 0.4) is 0 Å². The van der Waals surface area contributed by atoms with E-state index in [0.29, 0.717) is 0 Å². The van der Waals surface area contributed by atoms with Gasteiger partial charge >= 0.3 is 0 Å². The van der Waals surface area contributed by atoms with E-state index in [0.717, 1.165) is 44.0 Å². The van der Waals surface area contributed by atoms with Crippen LogP contribution < -0.4 is 5.32 Å². The van der Waals surface area contributed by atoms with E-state index in [2.05, 4.69) is 10.5 Å². The molecular formula is C10H16N2O2. The molecule has 1 aliphatic rings. The summed E-state index contributed by atoms with van der Waals surface area (Å²) < 4.78 is 10.2. The summed E-state index contributed by atoms with van der Waals surface area (Å²) in [6, 6.07) is 0. The first-order valence-electron chi connectivity index (χ1n) is 5.07. The van der Waals surface area contributed by atoms with Crippen molar-refractivity contribution in [2.45, 2.75) is 25.8 Å². The van der Waals surface area contributed by atoms with Crippen LogP contribution in [0.25, 0.3) is 0 Å². The number of rotatable bonds is 5. The first-order chi connectivity index (χ1) is 6.92. The molecule has 1 aromatic rings. The zero-order valence-corrected chi connectivity index (χ0v) is 8.51. The number of hydrogen-bond donors (Lipinski definition) is 1. The van der Waals surface area contributed by atoms with E-state index < -0.39 is 0 Å². The van der Waals surface area contributed by atoms with Crippen molar-refractivity contribution in [2.24, 2.45) is 0 Å². The van der Waals surface area contributed by atoms with Crippen LogP contribution in [0.4, 0.5) is 0 Å². The van der Waals surface area contributed by atoms with Crippen LogP contribution in [0.2, 0.25) is 0 Å². The lowest BCUT2D eigenvalue weighted by molar-refractivity contribution is 0.199. The highest BCUT2D eigenvalue weighted by atomic mass is 16.5. The van der Waals surface area contributed by atoms with E-state index in [4.69, 9.17) is 9.26 Å². The molecule has 0 aliphatic heterocycles. The molecule has 0 aromatic carbocycles. The molecule has 1 N–H and O–H groups in total. The predicted molar refractivity (Wildman–Crippen MR) is 52.1 cm³/mol. The smallest absolute Gasteiger partial charge is 0.140 e. The Labute approximate surface area is 83.6 Å². The Morgan fingerprint density at radius 1 is 1.50 bits per heavy atom. The minimum absolute atomic E-state index is 0.736. The normalized spacial score (nSPS) is 14.6. The van der Waals surface area contributed by atoms with Crippen LogP contribution in [-0.2, 0) is 24.1 Å². The maximum absolute atomic E-state index is 5.24. The highest BCUT2D eigenvalue weighted by Crippen LogP contribution is 2.24. The maximum atomic E-state index is 5.24. The molecule has 78 valence electrons. The molecule has 0 unspecified atom stereocenters. The van der Waals surface area contributed by atoms with Gasteiger partial charge in [0.2, 0.25) is 0 Å². The van der Waals surface area contributed by atoms with Gasteiger partial charge in [0.15, 0.2) is 0 Å². The highest BCUT2D eigenvalue weighted by Gasteiger charge is 2.20. The Balaban J connectivity index is 1.84. The van der Waals surface area contributed by atoms with Gasteiger partial charge in [0.05, 0.1) is 6.61 Å². The molecule has 1 aromatic heterocycles. The predicted octanol–water partition coefficient (Wildman–Crippen LogP) is 0.899. The summed E-state index contributed by atoms with van der Waals surface area (Å²) >= 11 is 0. The summed E-state index contributed by atoms with van der Waals surface area (Å²) in [5, 5.41) is 7.33. The fraction of sp³-hybridized carbons (Fsp3) is 0.700. The minimum Gasteiger partial charge on any atom is -0.383 e. The zero-order valence-electron chi connectivity index (χ0n) is 8.51. The van der Waals surface area contributed by atoms with Gasteiger partial charge in [0.1, 0.15) is 11.5 Å². The first kappa shape index (κ1) is 9.68. The zero-order chi connectivity index (χ0) is 9.80. The molecule has 0 bridgehead atoms. The second-order valence-corrected chi connectivity index (χ2v) is 3.55. The molecule has 0 spiro atoms. The van der Waals surface area contributed by atoms with E-state index in [9.17, 15) is 0 Å². The van der Waals surface area contributed by atoms with Crippen molar-refractivity contribution in [1.82, 2.24) is 10.5 Å². The molecule has 4 nitrogen and oxygen atoms in total. The third-order valence-electron chi connectivity index (χ3n) is 2.56. The average molecular weight is 196 g/mol. The topological polar surface area (TPSA) is 47.3 Å². The van der Waals surface area contributed by atoms with Crippen molar-refractivity contribution >= 4 is 0 Å². The fourth-order valence-electron chi connectivity index (χ4n) is 1.81. The minimum atomic E-state index is 0.736. The molecule has 2 rings (SSSR count). The van der Waals surface area contributed by atoms with Gasteiger partial charge in [-0.1, -0.05) is 5.16 Å². The van der Waals surface area contributed by atoms with Gasteiger partial charge in [0.25, 0.3) is 0 Å². The Bertz CT molecular complexity index is 296. The van der Waals surface area contributed by atoms with Crippen molar-refractivity contribution in [3.8, 4) is 0 Å². The number of methoxy groups -OCH3 is 1. The van der Waals surface area contributed by atoms with Gasteiger partial charge in [-0.05, 0) is 12.8 Å². The molecular weight excluding hydrogens is 180 g/mol. The average Bonchev–Trinajstić information content (AvgIpc) is 2.75. The molecule has 0 saturated heterocycles. The molecule has 14 heavy (non-hydrogen) atoms. The summed E-state index contributed by atoms with van der Waals surface area (Å²) in [6.07, 6.45) is 3.39. The van der Waals surface area contributed by atoms with E-state index in [1.54, 1.807) is 7.11 Å². The number of nitrogens with one attached hydrogen (secondary N) is 1. The first-order valence-corrected chi connectivity index (χ1v) is 5.07. The number of nitrogens with zero attached hydrogens (tertiary/aromatic N) is 1. The van der Waals surface area contributed by atoms with Crippen molar-refractivity contribution < 1.29 is 9.26 Å². The molecule has 0 amide bonds. The Kier molecular flexibility index (Phi) is 3.16. The van der Waals surface area contributed by atoms with E-state index in [1.165, 1.54) is 12.0 Å². The molecule has 0 atom stereocenters. The number of ether oxygens (including phenoxy) is 1. The molecule has 0 saturated carbocycles. The molecule has 1 aliphatic carbocycles. The third kappa shape index (κ3) is 1.96. The van der Waals surface area contributed by atoms with Crippen molar-refractivity contribution in [1.29, 1.82) is 0 Å². The van der Waals surface area contributed by atoms with E-state index in [-0.39, 0.29) is 0 Å². The molecule has 0 fully saturated rings. The SMILES string of the molecule is COCCNCc1noc2c1CCC2. The third-order valence-corrected chi connectivity index (χ3v) is 2.56. The van der Waals surface area contributed by atoms with Crippen molar-refractivity contribution in [3.05, 3.63) is 17.0 Å². The van der Waals surface area contributed by atoms with Gasteiger partial charge in [-0.3, -0.25) is 0 Å². The second-order valence-electron chi connectivity index (χ2n) is 3.55. The Hall–Kier alpha value is -0.870. The lowest BCUT2D eigenvalue weighted by atomic mass is 10.2. The quantitative estimate of drug-likeness (QED) is 0.711. The fourth-order valence-corrected chi connectivity index (χ4v) is 1.81. The summed E-state index contributed by atoms with van der Waals surface area (Å²) in [6.45, 7) is 2.39. The number of aryl methyl sites for hydroxylation is 1. The second kappa shape index (κ2) is 4.57. The number of aromatic nitrogens is 1. The maximum Gasteiger partial charge on any atom is 0.140 e. The van der Waals surface area contributed by atoms with Gasteiger partial charge in [-0.15, -0.1) is 0 Å². The largest absolute Gasteiger partial charge is 0.383 e. The van der Waals surface area contributed by atoms with Crippen molar-refractivity contribution in [3.63, 3.8) is 0 Å². The lowest BCUT2D eigenvalue weighted by Crippen LogP contribution is -2.19. The van der Waals surface area contributed by atoms with E-state index >= 15 is 0 Å². The van der Waals surface area contributed by atoms with Gasteiger partial charge in [-0.25, -0.2) is 0 Å². The van der Waals surface area contributed by atoms with Crippen LogP contribution in [0.5, 0.6) is 0 Å². The van der Waals surface area contributed by atoms with Gasteiger partial charge in [0, 0.05) is 32.2 Å². The standard InChI is InChI=1S/C10H16N2O2/c1-13-6-5-11-7-9-8-3-2-4-10(8)14-12-9/h11H,2-7H2,1H3. The Morgan fingerprint density at radius 3 is 3.29 bits per heavy atom. The highest BCUT2D eigenvalue weighted by molar-refractivity contribution is 5.26. The summed E-state index contributed by atoms with van der Waals surface area (Å²) in [7, 11) is 1.70. The molecule has 1 heterocycles. The summed E-state index contributed by atoms with van der Waals surface area (Å²) in [4.78, 5) is 0. The molecule has 0 radical (unpaired) electrons. The monoisotopic (exact) mass is 196 g/mol. The van der Waals surface area contributed by atoms with Gasteiger partial charge in [-0.2, -0.15) is 0 Å². The van der Waals surface area contributed by atoms with E-state index in [1.807, 2.05) is 0 Å². The van der Waals surface area contributed by atoms with Gasteiger partial charge < -0.3 is 14.6 Å². The lowest BCUT2D eigenvalue weighted by Gasteiger charge is -2.01. The number of hydrogen-bond acceptors (Lipinski definition) is 4. The number of fused-ring (bicyclic) bond motifs is 1. The van der Waals surface area contributed by atoms with Crippen LogP contribution in [0.15, 0.2) is 4.52 Å². The Morgan fingerprint density at radius 2 is 2.43 bits per heavy atom. The van der Waals surface area contributed by atoms with Crippen LogP contribution in [0, 0.1) is 0 Å². The summed E-state index contributed by atoms with van der Waals surface area (Å²) in [5.41, 5.74) is 2.41. The summed E-state index contributed by atoms with van der Waals surface area (Å²) in [5.74, 6) is 1.09. The van der Waals surface area contributed by atoms with Crippen LogP contribution in [0.1, 0.15) is 23.4 Å². The van der Waals surface area contributed by atoms with Crippen molar-refractivity contribution in [2.75, 3.05) is 20.3 Å². The molecule has 4 heteroatoms. The van der Waals surface area contributed by atoms with Crippen LogP contribution >= 0.6 is 0 Å².